The minimum atomic E-state index is -0.373. The lowest BCUT2D eigenvalue weighted by molar-refractivity contribution is -0.888. The summed E-state index contributed by atoms with van der Waals surface area (Å²) in [6.45, 7) is 6.86. The van der Waals surface area contributed by atoms with Gasteiger partial charge in [0, 0.05) is 104 Å². The van der Waals surface area contributed by atoms with Gasteiger partial charge >= 0.3 is 0 Å². The minimum Gasteiger partial charge on any atom is -0.494 e. The lowest BCUT2D eigenvalue weighted by atomic mass is 10.1. The molecular formula is C55H65N14O4+. The number of amides is 2. The van der Waals surface area contributed by atoms with Crippen LogP contribution in [0.4, 0.5) is 46.0 Å². The van der Waals surface area contributed by atoms with Gasteiger partial charge in [-0.2, -0.15) is 0 Å². The van der Waals surface area contributed by atoms with E-state index in [1.165, 1.54) is 6.08 Å². The maximum Gasteiger partial charge on any atom is 0.247 e. The molecule has 4 aromatic carbocycles. The molecule has 73 heavy (non-hydrogen) atoms. The molecule has 18 heteroatoms. The summed E-state index contributed by atoms with van der Waals surface area (Å²) in [6.07, 6.45) is 9.03. The molecule has 0 unspecified atom stereocenters. The predicted octanol–water partition coefficient (Wildman–Crippen LogP) is 8.73. The number of fused-ring (bicyclic) bond motifs is 2. The first-order valence-corrected chi connectivity index (χ1v) is 24.0. The van der Waals surface area contributed by atoms with Crippen LogP contribution in [-0.2, 0) is 23.7 Å². The largest absolute Gasteiger partial charge is 0.494 e. The normalized spacial score (nSPS) is 11.4. The smallest absolute Gasteiger partial charge is 0.247 e. The third-order valence-corrected chi connectivity index (χ3v) is 12.8. The number of nitrogens with one attached hydrogen (secondary N) is 5. The number of aromatic nitrogens is 6. The van der Waals surface area contributed by atoms with Crippen LogP contribution in [0, 0.1) is 0 Å². The Bertz CT molecular complexity index is 3290. The number of methoxy groups -OCH3 is 2. The van der Waals surface area contributed by atoms with Crippen molar-refractivity contribution in [1.82, 2.24) is 34.0 Å². The fourth-order valence-electron chi connectivity index (χ4n) is 8.69. The van der Waals surface area contributed by atoms with Crippen LogP contribution in [0.3, 0.4) is 0 Å². The number of nitrogens with zero attached hydrogens (tertiary/aromatic N) is 9. The highest BCUT2D eigenvalue weighted by Gasteiger charge is 2.22. The number of likely N-dealkylation sites (N-methyl/N-ethyl adjacent to an activating group) is 3. The fourth-order valence-corrected chi connectivity index (χ4v) is 8.69. The molecule has 18 nitrogen and oxygen atoms in total. The number of ether oxygens (including phenoxy) is 2. The van der Waals surface area contributed by atoms with Gasteiger partial charge in [0.2, 0.25) is 23.7 Å². The first kappa shape index (κ1) is 50.9. The maximum absolute atomic E-state index is 14.0. The average Bonchev–Trinajstić information content (AvgIpc) is 3.91. The minimum absolute atomic E-state index is 0.138. The Morgan fingerprint density at radius 3 is 1.78 bits per heavy atom. The Balaban J connectivity index is 0.952. The van der Waals surface area contributed by atoms with Crippen molar-refractivity contribution in [3.63, 3.8) is 0 Å². The lowest BCUT2D eigenvalue weighted by Gasteiger charge is -2.30. The average molecular weight is 986 g/mol. The molecule has 5 N–H and O–H groups in total. The van der Waals surface area contributed by atoms with E-state index in [1.54, 1.807) is 32.7 Å². The molecule has 0 saturated carbocycles. The second-order valence-corrected chi connectivity index (χ2v) is 18.8. The van der Waals surface area contributed by atoms with Gasteiger partial charge in [0.1, 0.15) is 11.5 Å². The van der Waals surface area contributed by atoms with Gasteiger partial charge in [-0.15, -0.1) is 0 Å². The maximum atomic E-state index is 14.0. The molecule has 0 radical (unpaired) electrons. The van der Waals surface area contributed by atoms with Crippen LogP contribution in [0.15, 0.2) is 122 Å². The van der Waals surface area contributed by atoms with Crippen molar-refractivity contribution in [2.45, 2.75) is 6.42 Å². The van der Waals surface area contributed by atoms with Crippen LogP contribution in [0.25, 0.3) is 44.3 Å². The number of hydrogen-bond donors (Lipinski definition) is 5. The van der Waals surface area contributed by atoms with Crippen molar-refractivity contribution < 1.29 is 23.5 Å². The summed E-state index contributed by atoms with van der Waals surface area (Å²) in [4.78, 5) is 49.7. The van der Waals surface area contributed by atoms with Crippen molar-refractivity contribution in [3.05, 3.63) is 122 Å². The fraction of sp³-hybridized carbons (Fsp3) is 0.273. The number of quaternary nitrogens is 1. The molecule has 0 spiro atoms. The Kier molecular flexibility index (Phi) is 15.5. The van der Waals surface area contributed by atoms with Crippen LogP contribution < -0.4 is 41.0 Å². The number of benzene rings is 4. The molecule has 4 aromatic heterocycles. The Labute approximate surface area is 426 Å². The Morgan fingerprint density at radius 2 is 1.23 bits per heavy atom. The van der Waals surface area contributed by atoms with Crippen LogP contribution in [0.2, 0.25) is 0 Å². The van der Waals surface area contributed by atoms with E-state index in [1.807, 2.05) is 89.8 Å². The van der Waals surface area contributed by atoms with Gasteiger partial charge in [-0.3, -0.25) is 9.59 Å². The Morgan fingerprint density at radius 1 is 0.685 bits per heavy atom. The second-order valence-electron chi connectivity index (χ2n) is 18.8. The molecule has 0 bridgehead atoms. The molecule has 4 heterocycles. The topological polar surface area (TPSA) is 181 Å². The molecule has 8 rings (SSSR count). The third-order valence-electron chi connectivity index (χ3n) is 12.8. The van der Waals surface area contributed by atoms with E-state index < -0.39 is 0 Å². The summed E-state index contributed by atoms with van der Waals surface area (Å²) >= 11 is 0. The third kappa shape index (κ3) is 12.0. The molecule has 0 atom stereocenters. The SMILES string of the molecule is C=CC(=O)Nc1cc(Nc2nccc(-c3cn(C)c4ccccc34)n2)c(OC)cc1NCC[N+](C)(C)CCC(=O)Nc1cc(Nc2nccc(-c3cn(C)c4ccccc34)n2)c(OC)cc1N(C)CCN(C)C. The number of para-hydroxylation sites is 2. The molecule has 0 aliphatic rings. The van der Waals surface area contributed by atoms with Crippen molar-refractivity contribution >= 4 is 79.6 Å². The van der Waals surface area contributed by atoms with E-state index in [-0.39, 0.29) is 18.2 Å². The van der Waals surface area contributed by atoms with Crippen molar-refractivity contribution in [2.75, 3.05) is 114 Å². The summed E-state index contributed by atoms with van der Waals surface area (Å²) in [5.41, 5.74) is 9.43. The highest BCUT2D eigenvalue weighted by atomic mass is 16.5. The number of aryl methyl sites for hydroxylation is 2. The highest BCUT2D eigenvalue weighted by molar-refractivity contribution is 6.02. The molecular weight excluding hydrogens is 921 g/mol. The molecule has 0 aliphatic heterocycles. The number of hydrogen-bond acceptors (Lipinski definition) is 13. The quantitative estimate of drug-likeness (QED) is 0.0322. The second kappa shape index (κ2) is 22.3. The molecule has 0 saturated heterocycles. The molecule has 0 aliphatic carbocycles. The van der Waals surface area contributed by atoms with Crippen molar-refractivity contribution in [3.8, 4) is 34.0 Å². The van der Waals surface area contributed by atoms with Crippen LogP contribution in [-0.4, -0.2) is 132 Å². The van der Waals surface area contributed by atoms with E-state index >= 15 is 0 Å². The standard InChI is InChI=1S/C55H64N14O4/c1-11-52(70)59-43-30-45(63-54-57-23-20-40(61-54)38-34-67(5)47-18-14-12-16-36(38)47)50(72-9)32-42(43)56-25-29-69(7,8)28-22-53(71)60-44-31-46(51(73-10)33-49(44)66(4)27-26-65(2)3)64-55-58-24-21-41(62-55)39-35-68(6)48-19-15-13-17-37(39)48/h11-21,23-24,30-35,56H,1,22,25-29H2,2-10H3,(H3-,57,58,59,60,61,62,63,64,70,71)/p+1. The van der Waals surface area contributed by atoms with Gasteiger partial charge in [-0.05, 0) is 56.6 Å². The zero-order valence-electron chi connectivity index (χ0n) is 43.1. The molecule has 0 fully saturated rings. The number of rotatable bonds is 22. The summed E-state index contributed by atoms with van der Waals surface area (Å²) in [7, 11) is 17.5. The first-order chi connectivity index (χ1) is 35.1. The molecule has 8 aromatic rings. The van der Waals surface area contributed by atoms with E-state index in [0.717, 1.165) is 56.6 Å². The highest BCUT2D eigenvalue weighted by Crippen LogP contribution is 2.40. The van der Waals surface area contributed by atoms with Crippen molar-refractivity contribution in [2.24, 2.45) is 14.1 Å². The van der Waals surface area contributed by atoms with E-state index in [9.17, 15) is 9.59 Å². The van der Waals surface area contributed by atoms with Crippen LogP contribution in [0.1, 0.15) is 6.42 Å². The number of anilines is 8. The number of carbonyl (C=O) groups is 2. The van der Waals surface area contributed by atoms with Gasteiger partial charge in [-0.1, -0.05) is 43.0 Å². The summed E-state index contributed by atoms with van der Waals surface area (Å²) in [5.74, 6) is 1.31. The zero-order valence-corrected chi connectivity index (χ0v) is 43.1. The van der Waals surface area contributed by atoms with Gasteiger partial charge < -0.3 is 59.5 Å². The molecule has 378 valence electrons. The summed E-state index contributed by atoms with van der Waals surface area (Å²) < 4.78 is 16.4. The van der Waals surface area contributed by atoms with Crippen LogP contribution in [0.5, 0.6) is 11.5 Å². The summed E-state index contributed by atoms with van der Waals surface area (Å²) in [6, 6.07) is 27.6. The van der Waals surface area contributed by atoms with Gasteiger partial charge in [0.25, 0.3) is 0 Å². The predicted molar refractivity (Wildman–Crippen MR) is 295 cm³/mol. The van der Waals surface area contributed by atoms with Crippen LogP contribution >= 0.6 is 0 Å². The van der Waals surface area contributed by atoms with Crippen molar-refractivity contribution in [1.29, 1.82) is 0 Å². The zero-order chi connectivity index (χ0) is 51.8. The van der Waals surface area contributed by atoms with Gasteiger partial charge in [0.15, 0.2) is 0 Å². The number of carbonyl (C=O) groups excluding carboxylic acids is 2. The van der Waals surface area contributed by atoms with E-state index in [0.29, 0.717) is 82.5 Å². The first-order valence-electron chi connectivity index (χ1n) is 24.0. The van der Waals surface area contributed by atoms with Gasteiger partial charge in [0.05, 0.1) is 99.9 Å². The van der Waals surface area contributed by atoms with E-state index in [2.05, 4.69) is 113 Å². The molecule has 2 amide bonds. The van der Waals surface area contributed by atoms with E-state index in [4.69, 9.17) is 19.4 Å². The Hall–Kier alpha value is -8.48. The monoisotopic (exact) mass is 986 g/mol. The van der Waals surface area contributed by atoms with Gasteiger partial charge in [-0.25, -0.2) is 19.9 Å². The lowest BCUT2D eigenvalue weighted by Crippen LogP contribution is -2.45. The summed E-state index contributed by atoms with van der Waals surface area (Å²) in [5, 5.41) is 18.5.